The lowest BCUT2D eigenvalue weighted by molar-refractivity contribution is -0.143. The molecule has 1 unspecified atom stereocenters. The maximum absolute atomic E-state index is 12.5. The molecule has 1 aromatic rings. The Morgan fingerprint density at radius 1 is 0.895 bits per heavy atom. The molecule has 1 atom stereocenters. The summed E-state index contributed by atoms with van der Waals surface area (Å²) in [6.45, 7) is 0.599. The Morgan fingerprint density at radius 2 is 1.32 bits per heavy atom. The van der Waals surface area contributed by atoms with E-state index in [0.717, 1.165) is 12.1 Å². The molecule has 1 N–H and O–H groups in total. The topological polar surface area (TPSA) is 12.0 Å². The standard InChI is InChI=1S/C11H9F6N.ClH/c12-10(13,14)7-3-6(9-1-2-18-9)4-8(5-7)11(15,16)17;/h3-5,9,18H,1-2H2;1H. The maximum atomic E-state index is 12.5. The molecule has 0 amide bonds. The Hall–Kier alpha value is -0.950. The fourth-order valence-electron chi connectivity index (χ4n) is 1.75. The highest BCUT2D eigenvalue weighted by Gasteiger charge is 2.37. The van der Waals surface area contributed by atoms with Gasteiger partial charge in [-0.1, -0.05) is 0 Å². The van der Waals surface area contributed by atoms with Gasteiger partial charge < -0.3 is 5.32 Å². The van der Waals surface area contributed by atoms with Crippen molar-refractivity contribution in [2.45, 2.75) is 24.8 Å². The second kappa shape index (κ2) is 5.20. The van der Waals surface area contributed by atoms with Gasteiger partial charge in [-0.2, -0.15) is 26.3 Å². The van der Waals surface area contributed by atoms with Gasteiger partial charge in [0.15, 0.2) is 0 Å². The van der Waals surface area contributed by atoms with Gasteiger partial charge in [-0.05, 0) is 36.7 Å². The molecule has 1 aliphatic heterocycles. The van der Waals surface area contributed by atoms with Crippen molar-refractivity contribution >= 4 is 12.4 Å². The summed E-state index contributed by atoms with van der Waals surface area (Å²) in [6.07, 6.45) is -9.02. The summed E-state index contributed by atoms with van der Waals surface area (Å²) >= 11 is 0. The van der Waals surface area contributed by atoms with Crippen LogP contribution in [-0.4, -0.2) is 6.54 Å². The molecule has 2 rings (SSSR count). The predicted octanol–water partition coefficient (Wildman–Crippen LogP) is 4.18. The molecular weight excluding hydrogens is 296 g/mol. The molecule has 1 nitrogen and oxygen atoms in total. The zero-order chi connectivity index (χ0) is 13.6. The van der Waals surface area contributed by atoms with E-state index in [1.54, 1.807) is 0 Å². The Bertz CT molecular complexity index is 417. The van der Waals surface area contributed by atoms with Gasteiger partial charge in [0.25, 0.3) is 0 Å². The number of rotatable bonds is 1. The van der Waals surface area contributed by atoms with E-state index in [9.17, 15) is 26.3 Å². The highest BCUT2D eigenvalue weighted by atomic mass is 35.5. The first-order chi connectivity index (χ1) is 8.18. The molecule has 0 radical (unpaired) electrons. The average molecular weight is 306 g/mol. The molecular formula is C11H10ClF6N. The van der Waals surface area contributed by atoms with Crippen molar-refractivity contribution in [3.8, 4) is 0 Å². The van der Waals surface area contributed by atoms with Crippen LogP contribution in [0.1, 0.15) is 29.2 Å². The highest BCUT2D eigenvalue weighted by Crippen LogP contribution is 2.38. The van der Waals surface area contributed by atoms with Gasteiger partial charge in [-0.15, -0.1) is 12.4 Å². The van der Waals surface area contributed by atoms with E-state index in [4.69, 9.17) is 0 Å². The van der Waals surface area contributed by atoms with Gasteiger partial charge >= 0.3 is 12.4 Å². The van der Waals surface area contributed by atoms with Crippen LogP contribution >= 0.6 is 12.4 Å². The van der Waals surface area contributed by atoms with Crippen LogP contribution in [0, 0.1) is 0 Å². The molecule has 19 heavy (non-hydrogen) atoms. The molecule has 8 heteroatoms. The van der Waals surface area contributed by atoms with Crippen molar-refractivity contribution in [1.82, 2.24) is 5.32 Å². The fourth-order valence-corrected chi connectivity index (χ4v) is 1.75. The third kappa shape index (κ3) is 3.54. The number of benzene rings is 1. The minimum Gasteiger partial charge on any atom is -0.310 e. The number of hydrogen-bond donors (Lipinski definition) is 1. The van der Waals surface area contributed by atoms with E-state index < -0.39 is 29.5 Å². The Labute approximate surface area is 111 Å². The van der Waals surface area contributed by atoms with Crippen LogP contribution in [0.25, 0.3) is 0 Å². The van der Waals surface area contributed by atoms with Gasteiger partial charge in [-0.3, -0.25) is 0 Å². The number of halogens is 7. The van der Waals surface area contributed by atoms with Crippen molar-refractivity contribution in [3.05, 3.63) is 34.9 Å². The van der Waals surface area contributed by atoms with Gasteiger partial charge in [0.05, 0.1) is 11.1 Å². The lowest BCUT2D eigenvalue weighted by Crippen LogP contribution is -2.35. The number of hydrogen-bond acceptors (Lipinski definition) is 1. The average Bonchev–Trinajstić information content (AvgIpc) is 2.11. The molecule has 0 aromatic heterocycles. The number of alkyl halides is 6. The minimum absolute atomic E-state index is 0. The zero-order valence-corrected chi connectivity index (χ0v) is 10.2. The molecule has 108 valence electrons. The van der Waals surface area contributed by atoms with Crippen LogP contribution in [0.15, 0.2) is 18.2 Å². The van der Waals surface area contributed by atoms with Crippen LogP contribution in [-0.2, 0) is 12.4 Å². The molecule has 1 aliphatic rings. The normalized spacial score (nSPS) is 19.6. The smallest absolute Gasteiger partial charge is 0.310 e. The first-order valence-corrected chi connectivity index (χ1v) is 5.21. The number of nitrogens with one attached hydrogen (secondary N) is 1. The van der Waals surface area contributed by atoms with Crippen LogP contribution in [0.5, 0.6) is 0 Å². The molecule has 1 fully saturated rings. The summed E-state index contributed by atoms with van der Waals surface area (Å²) in [5, 5.41) is 2.78. The van der Waals surface area contributed by atoms with Gasteiger partial charge in [0.2, 0.25) is 0 Å². The van der Waals surface area contributed by atoms with E-state index in [0.29, 0.717) is 13.0 Å². The lowest BCUT2D eigenvalue weighted by Gasteiger charge is -2.29. The van der Waals surface area contributed by atoms with Crippen LogP contribution in [0.4, 0.5) is 26.3 Å². The molecule has 0 bridgehead atoms. The van der Waals surface area contributed by atoms with Crippen molar-refractivity contribution in [2.24, 2.45) is 0 Å². The lowest BCUT2D eigenvalue weighted by atomic mass is 9.94. The largest absolute Gasteiger partial charge is 0.416 e. The SMILES string of the molecule is Cl.FC(F)(F)c1cc(C2CCN2)cc(C(F)(F)F)c1. The van der Waals surface area contributed by atoms with Gasteiger partial charge in [0, 0.05) is 6.04 Å². The van der Waals surface area contributed by atoms with E-state index in [1.807, 2.05) is 0 Å². The van der Waals surface area contributed by atoms with Crippen molar-refractivity contribution in [2.75, 3.05) is 6.54 Å². The van der Waals surface area contributed by atoms with Gasteiger partial charge in [-0.25, -0.2) is 0 Å². The van der Waals surface area contributed by atoms with Crippen LogP contribution in [0.3, 0.4) is 0 Å². The second-order valence-electron chi connectivity index (χ2n) is 4.13. The van der Waals surface area contributed by atoms with E-state index in [2.05, 4.69) is 5.32 Å². The van der Waals surface area contributed by atoms with E-state index >= 15 is 0 Å². The maximum Gasteiger partial charge on any atom is 0.416 e. The third-order valence-corrected chi connectivity index (χ3v) is 2.84. The van der Waals surface area contributed by atoms with Crippen LogP contribution in [0.2, 0.25) is 0 Å². The van der Waals surface area contributed by atoms with Crippen molar-refractivity contribution in [3.63, 3.8) is 0 Å². The molecule has 0 aliphatic carbocycles. The first-order valence-electron chi connectivity index (χ1n) is 5.21. The quantitative estimate of drug-likeness (QED) is 0.768. The predicted molar refractivity (Wildman–Crippen MR) is 59.1 cm³/mol. The Balaban J connectivity index is 0.00000180. The first kappa shape index (κ1) is 16.1. The monoisotopic (exact) mass is 305 g/mol. The van der Waals surface area contributed by atoms with Crippen LogP contribution < -0.4 is 5.32 Å². The molecule has 1 aromatic carbocycles. The minimum atomic E-state index is -4.78. The Kier molecular flexibility index (Phi) is 4.41. The Morgan fingerprint density at radius 3 is 1.58 bits per heavy atom. The fraction of sp³-hybridized carbons (Fsp3) is 0.455. The van der Waals surface area contributed by atoms with Gasteiger partial charge in [0.1, 0.15) is 0 Å². The van der Waals surface area contributed by atoms with Crippen molar-refractivity contribution < 1.29 is 26.3 Å². The summed E-state index contributed by atoms with van der Waals surface area (Å²) in [6, 6.07) is 1.26. The highest BCUT2D eigenvalue weighted by molar-refractivity contribution is 5.85. The molecule has 0 spiro atoms. The zero-order valence-electron chi connectivity index (χ0n) is 9.40. The van der Waals surface area contributed by atoms with Crippen molar-refractivity contribution in [1.29, 1.82) is 0 Å². The summed E-state index contributed by atoms with van der Waals surface area (Å²) in [4.78, 5) is 0. The second-order valence-corrected chi connectivity index (χ2v) is 4.13. The van der Waals surface area contributed by atoms with E-state index in [-0.39, 0.29) is 24.0 Å². The molecule has 1 saturated heterocycles. The summed E-state index contributed by atoms with van der Waals surface area (Å²) < 4.78 is 75.2. The summed E-state index contributed by atoms with van der Waals surface area (Å²) in [5.74, 6) is 0. The summed E-state index contributed by atoms with van der Waals surface area (Å²) in [7, 11) is 0. The summed E-state index contributed by atoms with van der Waals surface area (Å²) in [5.41, 5.74) is -2.49. The molecule has 0 saturated carbocycles. The van der Waals surface area contributed by atoms with E-state index in [1.165, 1.54) is 0 Å². The third-order valence-electron chi connectivity index (χ3n) is 2.84. The molecule has 1 heterocycles.